The summed E-state index contributed by atoms with van der Waals surface area (Å²) in [6, 6.07) is 4.92. The zero-order valence-corrected chi connectivity index (χ0v) is 12.8. The first kappa shape index (κ1) is 16.8. The van der Waals surface area contributed by atoms with E-state index in [1.165, 1.54) is 0 Å². The van der Waals surface area contributed by atoms with Crippen LogP contribution >= 0.6 is 0 Å². The fraction of sp³-hybridized carbons (Fsp3) is 0.375. The van der Waals surface area contributed by atoms with Crippen LogP contribution in [-0.2, 0) is 4.74 Å². The number of amides is 1. The molecular formula is C16H21NO4. The van der Waals surface area contributed by atoms with Gasteiger partial charge in [0.1, 0.15) is 5.60 Å². The minimum atomic E-state index is -0.962. The maximum absolute atomic E-state index is 11.4. The summed E-state index contributed by atoms with van der Waals surface area (Å²) in [6.07, 6.45) is 3.04. The summed E-state index contributed by atoms with van der Waals surface area (Å²) in [5.74, 6) is -0.962. The molecule has 0 spiro atoms. The maximum atomic E-state index is 11.4. The molecule has 0 heterocycles. The number of rotatable bonds is 4. The van der Waals surface area contributed by atoms with Crippen LogP contribution in [0.1, 0.15) is 42.3 Å². The lowest BCUT2D eigenvalue weighted by Gasteiger charge is -2.19. The van der Waals surface area contributed by atoms with E-state index in [0.717, 1.165) is 11.1 Å². The summed E-state index contributed by atoms with van der Waals surface area (Å²) in [6.45, 7) is 7.59. The normalized spacial score (nSPS) is 11.4. The van der Waals surface area contributed by atoms with Crippen molar-refractivity contribution in [2.24, 2.45) is 0 Å². The van der Waals surface area contributed by atoms with Crippen molar-refractivity contribution in [1.29, 1.82) is 0 Å². The molecule has 0 unspecified atom stereocenters. The topological polar surface area (TPSA) is 75.6 Å². The molecule has 0 saturated heterocycles. The van der Waals surface area contributed by atoms with Gasteiger partial charge >= 0.3 is 12.1 Å². The number of alkyl carbamates (subject to hydrolysis) is 1. The van der Waals surface area contributed by atoms with Crippen molar-refractivity contribution < 1.29 is 19.4 Å². The van der Waals surface area contributed by atoms with Crippen molar-refractivity contribution in [2.45, 2.75) is 33.3 Å². The van der Waals surface area contributed by atoms with Crippen molar-refractivity contribution in [3.8, 4) is 0 Å². The van der Waals surface area contributed by atoms with Crippen LogP contribution in [0, 0.1) is 6.92 Å². The molecule has 0 saturated carbocycles. The Hall–Kier alpha value is -2.30. The Kier molecular flexibility index (Phi) is 5.52. The number of hydrogen-bond acceptors (Lipinski definition) is 3. The molecule has 0 radical (unpaired) electrons. The lowest BCUT2D eigenvalue weighted by atomic mass is 10.0. The Labute approximate surface area is 124 Å². The van der Waals surface area contributed by atoms with Gasteiger partial charge in [0.15, 0.2) is 0 Å². The van der Waals surface area contributed by atoms with Gasteiger partial charge in [-0.15, -0.1) is 0 Å². The predicted molar refractivity (Wildman–Crippen MR) is 81.4 cm³/mol. The molecule has 1 aromatic rings. The lowest BCUT2D eigenvalue weighted by Crippen LogP contribution is -2.32. The number of ether oxygens (including phenoxy) is 1. The highest BCUT2D eigenvalue weighted by Crippen LogP contribution is 2.13. The van der Waals surface area contributed by atoms with E-state index in [1.54, 1.807) is 51.1 Å². The molecule has 0 bridgehead atoms. The fourth-order valence-corrected chi connectivity index (χ4v) is 1.60. The summed E-state index contributed by atoms with van der Waals surface area (Å²) in [5, 5.41) is 11.6. The zero-order valence-electron chi connectivity index (χ0n) is 12.8. The Morgan fingerprint density at radius 3 is 2.57 bits per heavy atom. The molecule has 21 heavy (non-hydrogen) atoms. The Morgan fingerprint density at radius 1 is 1.33 bits per heavy atom. The number of aromatic carboxylic acids is 1. The van der Waals surface area contributed by atoms with E-state index in [4.69, 9.17) is 9.84 Å². The van der Waals surface area contributed by atoms with Gasteiger partial charge in [-0.2, -0.15) is 0 Å². The third-order valence-corrected chi connectivity index (χ3v) is 2.59. The molecule has 114 valence electrons. The monoisotopic (exact) mass is 291 g/mol. The van der Waals surface area contributed by atoms with Gasteiger partial charge in [0.2, 0.25) is 0 Å². The summed E-state index contributed by atoms with van der Waals surface area (Å²) < 4.78 is 5.10. The SMILES string of the molecule is Cc1ccc(C(=O)O)cc1C=CCNC(=O)OC(C)(C)C. The standard InChI is InChI=1S/C16H21NO4/c1-11-7-8-13(14(18)19)10-12(11)6-5-9-17-15(20)21-16(2,3)4/h5-8,10H,9H2,1-4H3,(H,17,20)(H,18,19). The average molecular weight is 291 g/mol. The first-order valence-corrected chi connectivity index (χ1v) is 6.66. The molecule has 0 atom stereocenters. The zero-order chi connectivity index (χ0) is 16.0. The van der Waals surface area contributed by atoms with Crippen LogP contribution in [0.25, 0.3) is 6.08 Å². The quantitative estimate of drug-likeness (QED) is 0.893. The molecule has 0 aromatic heterocycles. The van der Waals surface area contributed by atoms with Gasteiger partial charge in [-0.3, -0.25) is 0 Å². The largest absolute Gasteiger partial charge is 0.478 e. The summed E-state index contributed by atoms with van der Waals surface area (Å²) >= 11 is 0. The third-order valence-electron chi connectivity index (χ3n) is 2.59. The average Bonchev–Trinajstić information content (AvgIpc) is 2.34. The van der Waals surface area contributed by atoms with Gasteiger partial charge in [0.05, 0.1) is 5.56 Å². The van der Waals surface area contributed by atoms with Gasteiger partial charge < -0.3 is 15.2 Å². The van der Waals surface area contributed by atoms with Gasteiger partial charge in [-0.25, -0.2) is 9.59 Å². The Balaban J connectivity index is 2.60. The first-order valence-electron chi connectivity index (χ1n) is 6.66. The summed E-state index contributed by atoms with van der Waals surface area (Å²) in [4.78, 5) is 22.4. The number of carbonyl (C=O) groups excluding carboxylic acids is 1. The van der Waals surface area contributed by atoms with E-state index in [9.17, 15) is 9.59 Å². The van der Waals surface area contributed by atoms with Gasteiger partial charge in [-0.05, 0) is 51.0 Å². The van der Waals surface area contributed by atoms with Crippen LogP contribution in [0.3, 0.4) is 0 Å². The van der Waals surface area contributed by atoms with E-state index < -0.39 is 17.7 Å². The van der Waals surface area contributed by atoms with Crippen molar-refractivity contribution >= 4 is 18.1 Å². The number of nitrogens with one attached hydrogen (secondary N) is 1. The number of carboxylic acid groups (broad SMARTS) is 1. The number of aryl methyl sites for hydroxylation is 1. The van der Waals surface area contributed by atoms with Crippen LogP contribution in [-0.4, -0.2) is 29.3 Å². The molecule has 0 aliphatic heterocycles. The second-order valence-electron chi connectivity index (χ2n) is 5.66. The van der Waals surface area contributed by atoms with E-state index in [1.807, 2.05) is 6.92 Å². The minimum Gasteiger partial charge on any atom is -0.478 e. The molecule has 2 N–H and O–H groups in total. The summed E-state index contributed by atoms with van der Waals surface area (Å²) in [7, 11) is 0. The van der Waals surface area contributed by atoms with Gasteiger partial charge in [-0.1, -0.05) is 18.2 Å². The molecule has 1 rings (SSSR count). The maximum Gasteiger partial charge on any atom is 0.407 e. The smallest absolute Gasteiger partial charge is 0.407 e. The minimum absolute atomic E-state index is 0.236. The van der Waals surface area contributed by atoms with Crippen LogP contribution in [0.5, 0.6) is 0 Å². The van der Waals surface area contributed by atoms with E-state index in [2.05, 4.69) is 5.32 Å². The molecule has 5 heteroatoms. The summed E-state index contributed by atoms with van der Waals surface area (Å²) in [5.41, 5.74) is 1.48. The number of hydrogen-bond donors (Lipinski definition) is 2. The Morgan fingerprint density at radius 2 is 2.00 bits per heavy atom. The molecule has 0 fully saturated rings. The first-order chi connectivity index (χ1) is 9.69. The van der Waals surface area contributed by atoms with Crippen LogP contribution in [0.4, 0.5) is 4.79 Å². The van der Waals surface area contributed by atoms with E-state index in [-0.39, 0.29) is 5.56 Å². The molecule has 1 amide bonds. The highest BCUT2D eigenvalue weighted by Gasteiger charge is 2.14. The van der Waals surface area contributed by atoms with Crippen LogP contribution in [0.15, 0.2) is 24.3 Å². The number of carboxylic acids is 1. The molecule has 0 aliphatic carbocycles. The predicted octanol–water partition coefficient (Wildman–Crippen LogP) is 3.23. The van der Waals surface area contributed by atoms with E-state index in [0.29, 0.717) is 6.54 Å². The number of benzene rings is 1. The highest BCUT2D eigenvalue weighted by atomic mass is 16.6. The van der Waals surface area contributed by atoms with Gasteiger partial charge in [0, 0.05) is 6.54 Å². The van der Waals surface area contributed by atoms with Crippen LogP contribution < -0.4 is 5.32 Å². The van der Waals surface area contributed by atoms with E-state index >= 15 is 0 Å². The van der Waals surface area contributed by atoms with Gasteiger partial charge in [0.25, 0.3) is 0 Å². The molecule has 0 aliphatic rings. The van der Waals surface area contributed by atoms with Crippen LogP contribution in [0.2, 0.25) is 0 Å². The molecule has 5 nitrogen and oxygen atoms in total. The van der Waals surface area contributed by atoms with Crippen molar-refractivity contribution in [2.75, 3.05) is 6.54 Å². The van der Waals surface area contributed by atoms with Crippen molar-refractivity contribution in [1.82, 2.24) is 5.32 Å². The number of carbonyl (C=O) groups is 2. The molecule has 1 aromatic carbocycles. The lowest BCUT2D eigenvalue weighted by molar-refractivity contribution is 0.0533. The Bertz CT molecular complexity index is 556. The molecular weight excluding hydrogens is 270 g/mol. The second kappa shape index (κ2) is 6.92. The van der Waals surface area contributed by atoms with Crippen molar-refractivity contribution in [3.05, 3.63) is 41.0 Å². The van der Waals surface area contributed by atoms with Crippen molar-refractivity contribution in [3.63, 3.8) is 0 Å². The highest BCUT2D eigenvalue weighted by molar-refractivity contribution is 5.88. The fourth-order valence-electron chi connectivity index (χ4n) is 1.60. The second-order valence-corrected chi connectivity index (χ2v) is 5.66. The third kappa shape index (κ3) is 6.12.